The van der Waals surface area contributed by atoms with Gasteiger partial charge in [0.15, 0.2) is 0 Å². The van der Waals surface area contributed by atoms with E-state index in [9.17, 15) is 0 Å². The van der Waals surface area contributed by atoms with Crippen molar-refractivity contribution < 1.29 is 0 Å². The summed E-state index contributed by atoms with van der Waals surface area (Å²) in [5, 5.41) is 4.94. The number of fused-ring (bicyclic) bond motifs is 3. The van der Waals surface area contributed by atoms with Gasteiger partial charge < -0.3 is 15.2 Å². The summed E-state index contributed by atoms with van der Waals surface area (Å²) in [6.45, 7) is 3.77. The summed E-state index contributed by atoms with van der Waals surface area (Å²) in [6, 6.07) is 13.5. The van der Waals surface area contributed by atoms with Crippen molar-refractivity contribution in [3.05, 3.63) is 48.8 Å². The zero-order chi connectivity index (χ0) is 16.6. The number of piperidine rings is 2. The Morgan fingerprint density at radius 3 is 2.92 bits per heavy atom. The minimum absolute atomic E-state index is 0.575. The van der Waals surface area contributed by atoms with Crippen LogP contribution in [-0.2, 0) is 0 Å². The molecule has 0 radical (unpaired) electrons. The second-order valence-corrected chi connectivity index (χ2v) is 7.45. The highest BCUT2D eigenvalue weighted by atomic mass is 15.2. The van der Waals surface area contributed by atoms with Crippen LogP contribution in [0.5, 0.6) is 0 Å². The van der Waals surface area contributed by atoms with E-state index in [1.807, 2.05) is 12.4 Å². The summed E-state index contributed by atoms with van der Waals surface area (Å²) in [6.07, 6.45) is 7.90. The van der Waals surface area contributed by atoms with Crippen LogP contribution in [-0.4, -0.2) is 40.5 Å². The molecule has 1 unspecified atom stereocenters. The summed E-state index contributed by atoms with van der Waals surface area (Å²) >= 11 is 0. The maximum absolute atomic E-state index is 4.69. The highest BCUT2D eigenvalue weighted by molar-refractivity contribution is 5.84. The van der Waals surface area contributed by atoms with Gasteiger partial charge in [0, 0.05) is 42.6 Å². The lowest BCUT2D eigenvalue weighted by Crippen LogP contribution is -2.49. The van der Waals surface area contributed by atoms with Crippen LogP contribution >= 0.6 is 0 Å². The van der Waals surface area contributed by atoms with Crippen molar-refractivity contribution in [1.29, 1.82) is 0 Å². The smallest absolute Gasteiger partial charge is 0.126 e. The van der Waals surface area contributed by atoms with Gasteiger partial charge in [-0.25, -0.2) is 4.98 Å². The molecule has 2 aliphatic heterocycles. The van der Waals surface area contributed by atoms with Gasteiger partial charge in [-0.1, -0.05) is 6.07 Å². The average molecular weight is 332 g/mol. The van der Waals surface area contributed by atoms with Crippen molar-refractivity contribution in [3.8, 4) is 11.1 Å². The van der Waals surface area contributed by atoms with Crippen LogP contribution in [0.25, 0.3) is 22.0 Å². The van der Waals surface area contributed by atoms with Crippen LogP contribution < -0.4 is 5.32 Å². The number of anilines is 1. The van der Waals surface area contributed by atoms with Gasteiger partial charge in [-0.3, -0.25) is 0 Å². The second kappa shape index (κ2) is 6.19. The summed E-state index contributed by atoms with van der Waals surface area (Å²) in [7, 11) is 0. The van der Waals surface area contributed by atoms with Gasteiger partial charge in [0.05, 0.1) is 0 Å². The van der Waals surface area contributed by atoms with Crippen molar-refractivity contribution in [2.45, 2.75) is 25.3 Å². The Morgan fingerprint density at radius 2 is 2.00 bits per heavy atom. The lowest BCUT2D eigenvalue weighted by molar-refractivity contribution is 0.113. The fourth-order valence-corrected chi connectivity index (χ4v) is 4.44. The van der Waals surface area contributed by atoms with Gasteiger partial charge in [-0.2, -0.15) is 0 Å². The molecule has 4 heterocycles. The standard InChI is InChI=1S/C21H24N4/c1-2-18-14-25(10-1)11-8-20(18)24-21-6-4-17(13-23-21)15-3-5-19-16(12-15)7-9-22-19/h3-7,9,12-13,18,20,22H,1-2,8,10-11,14H2,(H,23,24)/t18-,20+/m1/s1. The number of benzene rings is 1. The molecule has 0 amide bonds. The van der Waals surface area contributed by atoms with Crippen LogP contribution in [0.1, 0.15) is 19.3 Å². The molecule has 1 aromatic carbocycles. The predicted molar refractivity (Wildman–Crippen MR) is 103 cm³/mol. The highest BCUT2D eigenvalue weighted by Crippen LogP contribution is 2.29. The molecule has 2 aromatic heterocycles. The fraction of sp³-hybridized carbons (Fsp3) is 0.381. The molecule has 0 saturated carbocycles. The molecule has 2 N–H and O–H groups in total. The van der Waals surface area contributed by atoms with Crippen molar-refractivity contribution >= 4 is 16.7 Å². The molecule has 2 saturated heterocycles. The SMILES string of the molecule is c1cc2cc(-c3ccc(N[C@H]4CCN5CCC[C@@H]4C5)nc3)ccc2[nH]1. The van der Waals surface area contributed by atoms with E-state index in [0.29, 0.717) is 6.04 Å². The molecule has 5 rings (SSSR count). The van der Waals surface area contributed by atoms with Gasteiger partial charge in [-0.15, -0.1) is 0 Å². The quantitative estimate of drug-likeness (QED) is 0.758. The third kappa shape index (κ3) is 2.91. The van der Waals surface area contributed by atoms with Crippen LogP contribution in [0.15, 0.2) is 48.8 Å². The van der Waals surface area contributed by atoms with Gasteiger partial charge in [-0.05, 0) is 73.0 Å². The van der Waals surface area contributed by atoms with E-state index in [4.69, 9.17) is 4.98 Å². The monoisotopic (exact) mass is 332 g/mol. The second-order valence-electron chi connectivity index (χ2n) is 7.45. The molecule has 128 valence electrons. The zero-order valence-corrected chi connectivity index (χ0v) is 14.4. The number of nitrogens with zero attached hydrogens (tertiary/aromatic N) is 2. The van der Waals surface area contributed by atoms with Gasteiger partial charge in [0.1, 0.15) is 5.82 Å². The first-order valence-electron chi connectivity index (χ1n) is 9.38. The topological polar surface area (TPSA) is 44.0 Å². The van der Waals surface area contributed by atoms with Crippen LogP contribution in [0, 0.1) is 5.92 Å². The lowest BCUT2D eigenvalue weighted by atomic mass is 9.85. The molecule has 0 spiro atoms. The number of hydrogen-bond donors (Lipinski definition) is 2. The Bertz CT molecular complexity index is 867. The number of pyridine rings is 1. The predicted octanol–water partition coefficient (Wildman–Crippen LogP) is 4.13. The molecule has 2 fully saturated rings. The zero-order valence-electron chi connectivity index (χ0n) is 14.4. The van der Waals surface area contributed by atoms with E-state index in [-0.39, 0.29) is 0 Å². The van der Waals surface area contributed by atoms with Crippen molar-refractivity contribution in [1.82, 2.24) is 14.9 Å². The largest absolute Gasteiger partial charge is 0.367 e. The summed E-state index contributed by atoms with van der Waals surface area (Å²) in [5.41, 5.74) is 3.56. The number of hydrogen-bond acceptors (Lipinski definition) is 3. The van der Waals surface area contributed by atoms with Gasteiger partial charge in [0.2, 0.25) is 0 Å². The van der Waals surface area contributed by atoms with Gasteiger partial charge in [0.25, 0.3) is 0 Å². The Morgan fingerprint density at radius 1 is 1.04 bits per heavy atom. The highest BCUT2D eigenvalue weighted by Gasteiger charge is 2.31. The first-order chi connectivity index (χ1) is 12.3. The number of rotatable bonds is 3. The number of nitrogens with one attached hydrogen (secondary N) is 2. The molecule has 2 bridgehead atoms. The van der Waals surface area contributed by atoms with E-state index in [1.54, 1.807) is 0 Å². The molecule has 2 aliphatic rings. The van der Waals surface area contributed by atoms with Crippen LogP contribution in [0.4, 0.5) is 5.82 Å². The van der Waals surface area contributed by atoms with Crippen LogP contribution in [0.2, 0.25) is 0 Å². The van der Waals surface area contributed by atoms with Crippen LogP contribution in [0.3, 0.4) is 0 Å². The fourth-order valence-electron chi connectivity index (χ4n) is 4.44. The molecule has 3 atom stereocenters. The maximum Gasteiger partial charge on any atom is 0.126 e. The van der Waals surface area contributed by atoms with Gasteiger partial charge >= 0.3 is 0 Å². The van der Waals surface area contributed by atoms with E-state index >= 15 is 0 Å². The molecular formula is C21H24N4. The Labute approximate surface area is 148 Å². The minimum Gasteiger partial charge on any atom is -0.367 e. The average Bonchev–Trinajstić information content (AvgIpc) is 3.13. The minimum atomic E-state index is 0.575. The molecular weight excluding hydrogens is 308 g/mol. The number of aromatic nitrogens is 2. The van der Waals surface area contributed by atoms with E-state index in [1.165, 1.54) is 60.9 Å². The molecule has 25 heavy (non-hydrogen) atoms. The molecule has 3 aromatic rings. The Balaban J connectivity index is 1.32. The summed E-state index contributed by atoms with van der Waals surface area (Å²) < 4.78 is 0. The number of aromatic amines is 1. The van der Waals surface area contributed by atoms with E-state index < -0.39 is 0 Å². The third-order valence-corrected chi connectivity index (χ3v) is 5.85. The summed E-state index contributed by atoms with van der Waals surface area (Å²) in [5.74, 6) is 1.79. The van der Waals surface area contributed by atoms with E-state index in [0.717, 1.165) is 11.7 Å². The van der Waals surface area contributed by atoms with Crippen molar-refractivity contribution in [2.24, 2.45) is 5.92 Å². The Hall–Kier alpha value is -2.33. The maximum atomic E-state index is 4.69. The van der Waals surface area contributed by atoms with Crippen molar-refractivity contribution in [3.63, 3.8) is 0 Å². The van der Waals surface area contributed by atoms with Crippen molar-refractivity contribution in [2.75, 3.05) is 25.0 Å². The summed E-state index contributed by atoms with van der Waals surface area (Å²) in [4.78, 5) is 10.5. The van der Waals surface area contributed by atoms with E-state index in [2.05, 4.69) is 51.6 Å². The first-order valence-corrected chi connectivity index (χ1v) is 9.38. The first kappa shape index (κ1) is 15.0. The molecule has 4 nitrogen and oxygen atoms in total. The lowest BCUT2D eigenvalue weighted by Gasteiger charge is -2.43. The number of H-pyrrole nitrogens is 1. The third-order valence-electron chi connectivity index (χ3n) is 5.85. The normalized spacial score (nSPS) is 25.8. The Kier molecular flexibility index (Phi) is 3.71. The molecule has 4 heteroatoms. The molecule has 0 aliphatic carbocycles.